The predicted molar refractivity (Wildman–Crippen MR) is 93.9 cm³/mol. The number of rotatable bonds is 5. The van der Waals surface area contributed by atoms with Crippen molar-refractivity contribution < 1.29 is 14.3 Å². The summed E-state index contributed by atoms with van der Waals surface area (Å²) in [5, 5.41) is 10.6. The molecule has 1 aromatic heterocycles. The Bertz CT molecular complexity index is 897. The van der Waals surface area contributed by atoms with Crippen LogP contribution in [0.15, 0.2) is 49.1 Å². The van der Waals surface area contributed by atoms with Crippen LogP contribution in [0.4, 0.5) is 5.69 Å². The van der Waals surface area contributed by atoms with E-state index in [2.05, 4.69) is 15.5 Å². The molecule has 0 aliphatic rings. The van der Waals surface area contributed by atoms with Gasteiger partial charge in [-0.2, -0.15) is 0 Å². The van der Waals surface area contributed by atoms with Crippen molar-refractivity contribution in [1.82, 2.24) is 14.8 Å². The van der Waals surface area contributed by atoms with Gasteiger partial charge in [0.2, 0.25) is 0 Å². The van der Waals surface area contributed by atoms with E-state index in [1.807, 2.05) is 0 Å². The van der Waals surface area contributed by atoms with E-state index in [1.165, 1.54) is 7.11 Å². The van der Waals surface area contributed by atoms with Gasteiger partial charge in [-0.1, -0.05) is 11.6 Å². The van der Waals surface area contributed by atoms with Crippen LogP contribution in [0, 0.1) is 0 Å². The van der Waals surface area contributed by atoms with Crippen molar-refractivity contribution in [2.24, 2.45) is 0 Å². The molecule has 0 saturated carbocycles. The van der Waals surface area contributed by atoms with Crippen LogP contribution in [0.5, 0.6) is 11.5 Å². The fourth-order valence-corrected chi connectivity index (χ4v) is 2.56. The molecule has 3 rings (SSSR count). The van der Waals surface area contributed by atoms with Gasteiger partial charge in [-0.3, -0.25) is 9.36 Å². The second-order valence-corrected chi connectivity index (χ2v) is 5.46. The van der Waals surface area contributed by atoms with Gasteiger partial charge in [0.15, 0.2) is 11.5 Å². The average Bonchev–Trinajstić information content (AvgIpc) is 3.16. The number of nitrogens with zero attached hydrogens (tertiary/aromatic N) is 3. The van der Waals surface area contributed by atoms with Crippen LogP contribution in [-0.4, -0.2) is 34.9 Å². The Morgan fingerprint density at radius 1 is 1.04 bits per heavy atom. The Kier molecular flexibility index (Phi) is 4.85. The van der Waals surface area contributed by atoms with Crippen molar-refractivity contribution in [2.45, 2.75) is 0 Å². The number of hydrogen-bond donors (Lipinski definition) is 1. The molecule has 0 aliphatic carbocycles. The second-order valence-electron chi connectivity index (χ2n) is 5.06. The van der Waals surface area contributed by atoms with Crippen LogP contribution in [0.3, 0.4) is 0 Å². The van der Waals surface area contributed by atoms with Gasteiger partial charge in [-0.05, 0) is 30.3 Å². The molecule has 0 bridgehead atoms. The van der Waals surface area contributed by atoms with E-state index in [0.717, 1.165) is 5.69 Å². The summed E-state index contributed by atoms with van der Waals surface area (Å²) in [6.45, 7) is 0. The number of halogens is 1. The number of nitrogens with one attached hydrogen (secondary N) is 1. The van der Waals surface area contributed by atoms with Gasteiger partial charge >= 0.3 is 0 Å². The molecular formula is C17H15ClN4O3. The van der Waals surface area contributed by atoms with Crippen molar-refractivity contribution in [3.63, 3.8) is 0 Å². The minimum Gasteiger partial charge on any atom is -0.493 e. The predicted octanol–water partition coefficient (Wildman–Crippen LogP) is 3.19. The molecule has 2 aromatic carbocycles. The maximum absolute atomic E-state index is 12.5. The van der Waals surface area contributed by atoms with Gasteiger partial charge in [0.1, 0.15) is 12.7 Å². The van der Waals surface area contributed by atoms with Crippen molar-refractivity contribution >= 4 is 23.2 Å². The largest absolute Gasteiger partial charge is 0.493 e. The maximum Gasteiger partial charge on any atom is 0.257 e. The Hall–Kier alpha value is -3.06. The van der Waals surface area contributed by atoms with E-state index in [1.54, 1.807) is 60.7 Å². The molecule has 0 radical (unpaired) electrons. The van der Waals surface area contributed by atoms with Crippen molar-refractivity contribution in [3.05, 3.63) is 59.6 Å². The fraction of sp³-hybridized carbons (Fsp3) is 0.118. The normalized spacial score (nSPS) is 10.4. The summed E-state index contributed by atoms with van der Waals surface area (Å²) in [6, 6.07) is 10.2. The first kappa shape index (κ1) is 16.8. The van der Waals surface area contributed by atoms with Crippen LogP contribution in [0.2, 0.25) is 5.02 Å². The summed E-state index contributed by atoms with van der Waals surface area (Å²) in [5.74, 6) is 0.777. The zero-order valence-corrected chi connectivity index (χ0v) is 14.3. The van der Waals surface area contributed by atoms with Gasteiger partial charge in [-0.15, -0.1) is 10.2 Å². The molecule has 0 spiro atoms. The number of ether oxygens (including phenoxy) is 2. The third-order valence-electron chi connectivity index (χ3n) is 3.56. The first-order valence-corrected chi connectivity index (χ1v) is 7.68. The van der Waals surface area contributed by atoms with E-state index < -0.39 is 0 Å². The van der Waals surface area contributed by atoms with Gasteiger partial charge in [0.05, 0.1) is 24.8 Å². The highest BCUT2D eigenvalue weighted by Gasteiger charge is 2.13. The second kappa shape index (κ2) is 7.23. The number of amides is 1. The molecule has 1 heterocycles. The Morgan fingerprint density at radius 3 is 2.40 bits per heavy atom. The monoisotopic (exact) mass is 358 g/mol. The molecule has 0 atom stereocenters. The lowest BCUT2D eigenvalue weighted by molar-refractivity contribution is 0.102. The summed E-state index contributed by atoms with van der Waals surface area (Å²) in [4.78, 5) is 12.5. The van der Waals surface area contributed by atoms with Crippen molar-refractivity contribution in [3.8, 4) is 17.2 Å². The molecule has 0 fully saturated rings. The van der Waals surface area contributed by atoms with Crippen LogP contribution in [0.25, 0.3) is 5.69 Å². The summed E-state index contributed by atoms with van der Waals surface area (Å²) >= 11 is 6.25. The van der Waals surface area contributed by atoms with Gasteiger partial charge in [0.25, 0.3) is 5.91 Å². The molecule has 25 heavy (non-hydrogen) atoms. The maximum atomic E-state index is 12.5. The SMILES string of the molecule is COc1ccc(NC(=O)c2ccc(-n3cnnc3)cc2Cl)cc1OC. The molecule has 0 aliphatic heterocycles. The molecule has 0 saturated heterocycles. The summed E-state index contributed by atoms with van der Waals surface area (Å²) in [7, 11) is 3.08. The minimum absolute atomic E-state index is 0.323. The minimum atomic E-state index is -0.326. The molecule has 0 unspecified atom stereocenters. The zero-order chi connectivity index (χ0) is 17.8. The third kappa shape index (κ3) is 3.56. The van der Waals surface area contributed by atoms with Gasteiger partial charge < -0.3 is 14.8 Å². The molecule has 1 N–H and O–H groups in total. The quantitative estimate of drug-likeness (QED) is 0.757. The van der Waals surface area contributed by atoms with E-state index in [-0.39, 0.29) is 5.91 Å². The highest BCUT2D eigenvalue weighted by Crippen LogP contribution is 2.30. The number of aromatic nitrogens is 3. The van der Waals surface area contributed by atoms with E-state index in [9.17, 15) is 4.79 Å². The molecule has 8 heteroatoms. The van der Waals surface area contributed by atoms with Crippen LogP contribution in [0.1, 0.15) is 10.4 Å². The molecule has 128 valence electrons. The first-order chi connectivity index (χ1) is 12.1. The lowest BCUT2D eigenvalue weighted by Crippen LogP contribution is -2.13. The van der Waals surface area contributed by atoms with E-state index in [4.69, 9.17) is 21.1 Å². The number of anilines is 1. The topological polar surface area (TPSA) is 78.3 Å². The third-order valence-corrected chi connectivity index (χ3v) is 3.87. The lowest BCUT2D eigenvalue weighted by atomic mass is 10.1. The standard InChI is InChI=1S/C17H15ClN4O3/c1-24-15-6-3-11(7-16(15)25-2)21-17(23)13-5-4-12(8-14(13)18)22-9-19-20-10-22/h3-10H,1-2H3,(H,21,23). The number of methoxy groups -OCH3 is 2. The van der Waals surface area contributed by atoms with Crippen LogP contribution in [-0.2, 0) is 0 Å². The first-order valence-electron chi connectivity index (χ1n) is 7.30. The van der Waals surface area contributed by atoms with Crippen molar-refractivity contribution in [1.29, 1.82) is 0 Å². The zero-order valence-electron chi connectivity index (χ0n) is 13.6. The summed E-state index contributed by atoms with van der Waals surface area (Å²) in [5.41, 5.74) is 1.69. The molecule has 3 aromatic rings. The smallest absolute Gasteiger partial charge is 0.257 e. The van der Waals surface area contributed by atoms with Crippen LogP contribution >= 0.6 is 11.6 Å². The average molecular weight is 359 g/mol. The van der Waals surface area contributed by atoms with E-state index in [0.29, 0.717) is 27.8 Å². The molecule has 1 amide bonds. The highest BCUT2D eigenvalue weighted by molar-refractivity contribution is 6.34. The lowest BCUT2D eigenvalue weighted by Gasteiger charge is -2.11. The van der Waals surface area contributed by atoms with Crippen molar-refractivity contribution in [2.75, 3.05) is 19.5 Å². The summed E-state index contributed by atoms with van der Waals surface area (Å²) < 4.78 is 12.1. The molecular weight excluding hydrogens is 344 g/mol. The highest BCUT2D eigenvalue weighted by atomic mass is 35.5. The van der Waals surface area contributed by atoms with Gasteiger partial charge in [-0.25, -0.2) is 0 Å². The Balaban J connectivity index is 1.82. The molecule has 7 nitrogen and oxygen atoms in total. The van der Waals surface area contributed by atoms with Crippen LogP contribution < -0.4 is 14.8 Å². The fourth-order valence-electron chi connectivity index (χ4n) is 2.30. The van der Waals surface area contributed by atoms with Gasteiger partial charge in [0, 0.05) is 17.4 Å². The Labute approximate surface area is 149 Å². The Morgan fingerprint density at radius 2 is 1.76 bits per heavy atom. The number of hydrogen-bond acceptors (Lipinski definition) is 5. The number of benzene rings is 2. The number of carbonyl (C=O) groups is 1. The summed E-state index contributed by atoms with van der Waals surface area (Å²) in [6.07, 6.45) is 3.10. The van der Waals surface area contributed by atoms with E-state index >= 15 is 0 Å². The number of carbonyl (C=O) groups excluding carboxylic acids is 1.